The fraction of sp³-hybridized carbons (Fsp3) is 0.250. The lowest BCUT2D eigenvalue weighted by Crippen LogP contribution is -2.47. The van der Waals surface area contributed by atoms with Gasteiger partial charge in [0.05, 0.1) is 18.8 Å². The van der Waals surface area contributed by atoms with Gasteiger partial charge < -0.3 is 15.9 Å². The molecule has 0 unspecified atom stereocenters. The monoisotopic (exact) mass is 411 g/mol. The van der Waals surface area contributed by atoms with Crippen LogP contribution >= 0.6 is 11.8 Å². The van der Waals surface area contributed by atoms with E-state index in [1.54, 1.807) is 17.8 Å². The molecule has 3 aromatic rings. The van der Waals surface area contributed by atoms with E-state index < -0.39 is 5.54 Å². The van der Waals surface area contributed by atoms with Gasteiger partial charge in [-0.1, -0.05) is 60.7 Å². The molecule has 0 saturated heterocycles. The van der Waals surface area contributed by atoms with E-state index in [9.17, 15) is 14.6 Å². The van der Waals surface area contributed by atoms with Crippen LogP contribution in [0.1, 0.15) is 17.5 Å². The number of hydrogen-bond donors (Lipinski definition) is 3. The molecular formula is C24H26FNO2S. The van der Waals surface area contributed by atoms with E-state index in [0.29, 0.717) is 18.4 Å². The maximum Gasteiger partial charge on any atom is 0.132 e. The van der Waals surface area contributed by atoms with Crippen LogP contribution in [0.4, 0.5) is 4.39 Å². The van der Waals surface area contributed by atoms with Crippen LogP contribution in [0.2, 0.25) is 0 Å². The van der Waals surface area contributed by atoms with E-state index >= 15 is 0 Å². The maximum absolute atomic E-state index is 14.7. The van der Waals surface area contributed by atoms with E-state index in [-0.39, 0.29) is 19.0 Å². The third-order valence-corrected chi connectivity index (χ3v) is 6.06. The Kier molecular flexibility index (Phi) is 7.45. The first kappa shape index (κ1) is 21.5. The molecule has 0 radical (unpaired) electrons. The average molecular weight is 412 g/mol. The smallest absolute Gasteiger partial charge is 0.132 e. The average Bonchev–Trinajstić information content (AvgIpc) is 2.77. The zero-order valence-corrected chi connectivity index (χ0v) is 17.0. The molecule has 0 atom stereocenters. The summed E-state index contributed by atoms with van der Waals surface area (Å²) in [6.07, 6.45) is 1.11. The lowest BCUT2D eigenvalue weighted by molar-refractivity contribution is 0.115. The minimum atomic E-state index is -0.974. The van der Waals surface area contributed by atoms with Crippen molar-refractivity contribution in [3.63, 3.8) is 0 Å². The Bertz CT molecular complexity index is 912. The van der Waals surface area contributed by atoms with Crippen LogP contribution in [-0.2, 0) is 12.2 Å². The zero-order valence-electron chi connectivity index (χ0n) is 16.2. The summed E-state index contributed by atoms with van der Waals surface area (Å²) in [4.78, 5) is 0.902. The fourth-order valence-corrected chi connectivity index (χ4v) is 3.89. The summed E-state index contributed by atoms with van der Waals surface area (Å²) in [5.41, 5.74) is 8.56. The SMILES string of the molecule is NC(CO)(CO)CCc1ccc(-c2ccc(SCc3ccccc3)cc2F)cc1. The molecule has 0 bridgehead atoms. The minimum absolute atomic E-state index is 0.239. The second kappa shape index (κ2) is 10.0. The third kappa shape index (κ3) is 5.90. The molecule has 0 saturated carbocycles. The van der Waals surface area contributed by atoms with E-state index in [1.165, 1.54) is 5.56 Å². The normalized spacial score (nSPS) is 11.6. The molecule has 3 rings (SSSR count). The Morgan fingerprint density at radius 3 is 2.17 bits per heavy atom. The molecule has 0 heterocycles. The van der Waals surface area contributed by atoms with Crippen LogP contribution in [0, 0.1) is 5.82 Å². The van der Waals surface area contributed by atoms with Gasteiger partial charge >= 0.3 is 0 Å². The predicted molar refractivity (Wildman–Crippen MR) is 117 cm³/mol. The van der Waals surface area contributed by atoms with Gasteiger partial charge in [-0.05, 0) is 41.7 Å². The molecule has 0 aromatic heterocycles. The van der Waals surface area contributed by atoms with Gasteiger partial charge in [-0.15, -0.1) is 11.8 Å². The van der Waals surface area contributed by atoms with E-state index in [1.807, 2.05) is 54.6 Å². The van der Waals surface area contributed by atoms with Crippen LogP contribution in [-0.4, -0.2) is 29.0 Å². The Labute approximate surface area is 175 Å². The summed E-state index contributed by atoms with van der Waals surface area (Å²) in [6.45, 7) is -0.525. The van der Waals surface area contributed by atoms with E-state index in [2.05, 4.69) is 12.1 Å². The molecule has 29 heavy (non-hydrogen) atoms. The lowest BCUT2D eigenvalue weighted by atomic mass is 9.93. The number of benzene rings is 3. The topological polar surface area (TPSA) is 66.5 Å². The van der Waals surface area contributed by atoms with Crippen LogP contribution in [0.5, 0.6) is 0 Å². The molecule has 5 heteroatoms. The number of thioether (sulfide) groups is 1. The Morgan fingerprint density at radius 2 is 1.55 bits per heavy atom. The van der Waals surface area contributed by atoms with Crippen LogP contribution < -0.4 is 5.73 Å². The summed E-state index contributed by atoms with van der Waals surface area (Å²) in [6, 6.07) is 23.1. The highest BCUT2D eigenvalue weighted by Gasteiger charge is 2.22. The standard InChI is InChI=1S/C24H26FNO2S/c25-23-14-21(29-15-19-4-2-1-3-5-19)10-11-22(23)20-8-6-18(7-9-20)12-13-24(26,16-27)17-28/h1-11,14,27-28H,12-13,15-17,26H2. The highest BCUT2D eigenvalue weighted by Crippen LogP contribution is 2.29. The molecule has 0 aliphatic rings. The van der Waals surface area contributed by atoms with Crippen molar-refractivity contribution in [3.8, 4) is 11.1 Å². The number of halogens is 1. The molecule has 3 nitrogen and oxygen atoms in total. The van der Waals surface area contributed by atoms with Crippen molar-refractivity contribution in [2.24, 2.45) is 5.73 Å². The van der Waals surface area contributed by atoms with Gasteiger partial charge in [-0.3, -0.25) is 0 Å². The lowest BCUT2D eigenvalue weighted by Gasteiger charge is -2.24. The van der Waals surface area contributed by atoms with Crippen molar-refractivity contribution in [3.05, 3.63) is 89.7 Å². The number of rotatable bonds is 9. The van der Waals surface area contributed by atoms with E-state index in [4.69, 9.17) is 5.73 Å². The summed E-state index contributed by atoms with van der Waals surface area (Å²) in [5, 5.41) is 18.6. The number of nitrogens with two attached hydrogens (primary N) is 1. The van der Waals surface area contributed by atoms with Gasteiger partial charge in [-0.2, -0.15) is 0 Å². The van der Waals surface area contributed by atoms with Crippen molar-refractivity contribution in [2.75, 3.05) is 13.2 Å². The van der Waals surface area contributed by atoms with Gasteiger partial charge in [-0.25, -0.2) is 4.39 Å². The number of hydrogen-bond acceptors (Lipinski definition) is 4. The Morgan fingerprint density at radius 1 is 0.862 bits per heavy atom. The second-order valence-electron chi connectivity index (χ2n) is 7.29. The molecular weight excluding hydrogens is 385 g/mol. The molecule has 0 fully saturated rings. The molecule has 0 aliphatic heterocycles. The highest BCUT2D eigenvalue weighted by molar-refractivity contribution is 7.98. The van der Waals surface area contributed by atoms with Gasteiger partial charge in [0, 0.05) is 16.2 Å². The largest absolute Gasteiger partial charge is 0.394 e. The molecule has 0 amide bonds. The van der Waals surface area contributed by atoms with Gasteiger partial charge in [0.1, 0.15) is 5.82 Å². The molecule has 3 aromatic carbocycles. The first-order valence-electron chi connectivity index (χ1n) is 9.59. The van der Waals surface area contributed by atoms with Crippen molar-refractivity contribution in [1.82, 2.24) is 0 Å². The van der Waals surface area contributed by atoms with Crippen molar-refractivity contribution < 1.29 is 14.6 Å². The summed E-state index contributed by atoms with van der Waals surface area (Å²) < 4.78 is 14.7. The minimum Gasteiger partial charge on any atom is -0.394 e. The maximum atomic E-state index is 14.7. The number of aryl methyl sites for hydroxylation is 1. The summed E-state index contributed by atoms with van der Waals surface area (Å²) >= 11 is 1.61. The molecule has 152 valence electrons. The summed E-state index contributed by atoms with van der Waals surface area (Å²) in [7, 11) is 0. The highest BCUT2D eigenvalue weighted by atomic mass is 32.2. The molecule has 4 N–H and O–H groups in total. The molecule has 0 spiro atoms. The van der Waals surface area contributed by atoms with E-state index in [0.717, 1.165) is 21.8 Å². The van der Waals surface area contributed by atoms with Crippen molar-refractivity contribution in [1.29, 1.82) is 0 Å². The zero-order chi connectivity index (χ0) is 20.7. The first-order valence-corrected chi connectivity index (χ1v) is 10.6. The van der Waals surface area contributed by atoms with Gasteiger partial charge in [0.25, 0.3) is 0 Å². The third-order valence-electron chi connectivity index (χ3n) is 5.00. The van der Waals surface area contributed by atoms with Crippen LogP contribution in [0.25, 0.3) is 11.1 Å². The van der Waals surface area contributed by atoms with Crippen LogP contribution in [0.3, 0.4) is 0 Å². The number of aliphatic hydroxyl groups excluding tert-OH is 2. The Hall–Kier alpha value is -2.18. The van der Waals surface area contributed by atoms with Crippen molar-refractivity contribution in [2.45, 2.75) is 29.0 Å². The van der Waals surface area contributed by atoms with Gasteiger partial charge in [0.2, 0.25) is 0 Å². The Balaban J connectivity index is 1.64. The second-order valence-corrected chi connectivity index (χ2v) is 8.34. The quantitative estimate of drug-likeness (QED) is 0.457. The predicted octanol–water partition coefficient (Wildman–Crippen LogP) is 4.40. The number of aliphatic hydroxyl groups is 2. The first-order chi connectivity index (χ1) is 14.0. The fourth-order valence-electron chi connectivity index (χ4n) is 3.01. The van der Waals surface area contributed by atoms with Crippen molar-refractivity contribution >= 4 is 11.8 Å². The molecule has 0 aliphatic carbocycles. The summed E-state index contributed by atoms with van der Waals surface area (Å²) in [5.74, 6) is 0.566. The van der Waals surface area contributed by atoms with Crippen LogP contribution in [0.15, 0.2) is 77.7 Å². The van der Waals surface area contributed by atoms with Gasteiger partial charge in [0.15, 0.2) is 0 Å².